The van der Waals surface area contributed by atoms with Crippen LogP contribution in [0.3, 0.4) is 0 Å². The highest BCUT2D eigenvalue weighted by Gasteiger charge is 2.52. The van der Waals surface area contributed by atoms with Crippen molar-refractivity contribution in [1.82, 2.24) is 4.90 Å². The molecular weight excluding hydrogens is 607 g/mol. The van der Waals surface area contributed by atoms with E-state index in [0.717, 1.165) is 12.1 Å². The van der Waals surface area contributed by atoms with Crippen molar-refractivity contribution in [1.29, 1.82) is 5.26 Å². The number of hydrogen-bond donors (Lipinski definition) is 1. The molecule has 0 unspecified atom stereocenters. The van der Waals surface area contributed by atoms with Gasteiger partial charge in [0, 0.05) is 17.1 Å². The average Bonchev–Trinajstić information content (AvgIpc) is 3.19. The molecule has 1 saturated heterocycles. The maximum absolute atomic E-state index is 13.6. The molecule has 0 aromatic heterocycles. The number of para-hydroxylation sites is 1. The molecule has 1 aliphatic rings. The minimum Gasteiger partial charge on any atom is -0.468 e. The molecule has 240 valence electrons. The number of benzene rings is 3. The van der Waals surface area contributed by atoms with Gasteiger partial charge in [0.05, 0.1) is 43.6 Å². The van der Waals surface area contributed by atoms with Crippen LogP contribution in [0.5, 0.6) is 0 Å². The van der Waals surface area contributed by atoms with Crippen molar-refractivity contribution < 1.29 is 41.8 Å². The second-order valence-electron chi connectivity index (χ2n) is 10.7. The third-order valence-corrected chi connectivity index (χ3v) is 7.46. The fraction of sp³-hybridized carbons (Fsp3) is 0.281. The van der Waals surface area contributed by atoms with Crippen molar-refractivity contribution in [3.8, 4) is 6.07 Å². The van der Waals surface area contributed by atoms with Crippen LogP contribution in [0.15, 0.2) is 66.7 Å². The molecule has 0 saturated carbocycles. The van der Waals surface area contributed by atoms with E-state index in [1.807, 2.05) is 0 Å². The summed E-state index contributed by atoms with van der Waals surface area (Å²) in [5.41, 5.74) is -1.22. The van der Waals surface area contributed by atoms with Gasteiger partial charge in [-0.2, -0.15) is 18.4 Å². The van der Waals surface area contributed by atoms with Gasteiger partial charge in [-0.3, -0.25) is 14.4 Å². The number of carbonyl (C=O) groups is 4. The first-order chi connectivity index (χ1) is 21.7. The SMILES string of the molecule is COC(=O)CN(CC(=O)OC)c1ccc(Nc2ccccc2CN2C(=O)N(c3ccc(C#N)c(C(F)(F)F)c3)C(=O)C2(C)C)cc1. The number of ether oxygens (including phenoxy) is 2. The molecule has 1 aliphatic heterocycles. The molecule has 0 bridgehead atoms. The van der Waals surface area contributed by atoms with Crippen molar-refractivity contribution in [3.63, 3.8) is 0 Å². The average molecular weight is 638 g/mol. The van der Waals surface area contributed by atoms with Crippen molar-refractivity contribution in [2.75, 3.05) is 42.4 Å². The maximum Gasteiger partial charge on any atom is 0.417 e. The molecule has 3 aromatic carbocycles. The zero-order chi connectivity index (χ0) is 33.8. The van der Waals surface area contributed by atoms with Gasteiger partial charge in [0.15, 0.2) is 0 Å². The van der Waals surface area contributed by atoms with Gasteiger partial charge in [0.2, 0.25) is 0 Å². The van der Waals surface area contributed by atoms with Crippen LogP contribution < -0.4 is 15.1 Å². The number of nitrogens with zero attached hydrogens (tertiary/aromatic N) is 4. The number of anilines is 4. The second kappa shape index (κ2) is 13.2. The number of halogens is 3. The Hall–Kier alpha value is -5.58. The Bertz CT molecular complexity index is 1680. The largest absolute Gasteiger partial charge is 0.468 e. The number of imide groups is 1. The quantitative estimate of drug-likeness (QED) is 0.235. The van der Waals surface area contributed by atoms with E-state index in [-0.39, 0.29) is 25.3 Å². The van der Waals surface area contributed by atoms with Gasteiger partial charge in [-0.05, 0) is 67.9 Å². The lowest BCUT2D eigenvalue weighted by Gasteiger charge is -2.28. The number of alkyl halides is 3. The first-order valence-electron chi connectivity index (χ1n) is 13.8. The Morgan fingerprint density at radius 2 is 1.57 bits per heavy atom. The summed E-state index contributed by atoms with van der Waals surface area (Å²) >= 11 is 0. The summed E-state index contributed by atoms with van der Waals surface area (Å²) in [6, 6.07) is 17.2. The molecule has 1 heterocycles. The first-order valence-corrected chi connectivity index (χ1v) is 13.8. The van der Waals surface area contributed by atoms with Gasteiger partial charge >= 0.3 is 24.1 Å². The molecule has 4 rings (SSSR count). The molecule has 3 aromatic rings. The van der Waals surface area contributed by atoms with Crippen LogP contribution in [0.2, 0.25) is 0 Å². The normalized spacial score (nSPS) is 14.1. The molecule has 3 amide bonds. The van der Waals surface area contributed by atoms with Crippen LogP contribution in [0.4, 0.5) is 40.7 Å². The summed E-state index contributed by atoms with van der Waals surface area (Å²) in [6.07, 6.45) is -4.87. The minimum atomic E-state index is -4.87. The Kier molecular flexibility index (Phi) is 9.55. The van der Waals surface area contributed by atoms with E-state index in [1.165, 1.54) is 43.9 Å². The molecule has 0 spiro atoms. The number of amides is 3. The summed E-state index contributed by atoms with van der Waals surface area (Å²) in [5.74, 6) is -1.81. The number of nitriles is 1. The summed E-state index contributed by atoms with van der Waals surface area (Å²) < 4.78 is 50.3. The Labute approximate surface area is 262 Å². The van der Waals surface area contributed by atoms with Crippen molar-refractivity contribution in [2.45, 2.75) is 32.1 Å². The lowest BCUT2D eigenvalue weighted by atomic mass is 10.0. The monoisotopic (exact) mass is 637 g/mol. The van der Waals surface area contributed by atoms with Crippen LogP contribution in [-0.4, -0.2) is 61.6 Å². The van der Waals surface area contributed by atoms with Crippen molar-refractivity contribution >= 4 is 46.6 Å². The molecular formula is C32H30F3N5O6. The maximum atomic E-state index is 13.6. The number of methoxy groups -OCH3 is 2. The van der Waals surface area contributed by atoms with E-state index < -0.39 is 46.7 Å². The standard InChI is InChI=1S/C32H30F3N5O6/c1-31(2)29(43)40(24-12-9-20(16-36)25(15-24)32(33,34)35)30(44)39(31)17-21-7-5-6-8-26(21)37-22-10-13-23(14-11-22)38(18-27(41)45-3)19-28(42)46-4/h5-15,37H,17-19H2,1-4H3. The zero-order valence-corrected chi connectivity index (χ0v) is 25.3. The summed E-state index contributed by atoms with van der Waals surface area (Å²) in [6.45, 7) is 2.58. The molecule has 1 N–H and O–H groups in total. The fourth-order valence-electron chi connectivity index (χ4n) is 4.87. The first kappa shape index (κ1) is 33.3. The highest BCUT2D eigenvalue weighted by molar-refractivity contribution is 6.23. The van der Waals surface area contributed by atoms with Crippen LogP contribution >= 0.6 is 0 Å². The highest BCUT2D eigenvalue weighted by atomic mass is 19.4. The van der Waals surface area contributed by atoms with E-state index in [1.54, 1.807) is 48.5 Å². The van der Waals surface area contributed by atoms with E-state index in [9.17, 15) is 32.3 Å². The molecule has 0 aliphatic carbocycles. The molecule has 0 atom stereocenters. The smallest absolute Gasteiger partial charge is 0.417 e. The lowest BCUT2D eigenvalue weighted by molar-refractivity contribution is -0.140. The number of carbonyl (C=O) groups excluding carboxylic acids is 4. The van der Waals surface area contributed by atoms with E-state index in [0.29, 0.717) is 33.6 Å². The Morgan fingerprint density at radius 1 is 0.957 bits per heavy atom. The van der Waals surface area contributed by atoms with E-state index in [2.05, 4.69) is 5.32 Å². The number of urea groups is 1. The predicted molar refractivity (Wildman–Crippen MR) is 161 cm³/mol. The number of hydrogen-bond acceptors (Lipinski definition) is 9. The lowest BCUT2D eigenvalue weighted by Crippen LogP contribution is -2.43. The zero-order valence-electron chi connectivity index (χ0n) is 25.3. The molecule has 46 heavy (non-hydrogen) atoms. The number of rotatable bonds is 10. The Balaban J connectivity index is 1.58. The molecule has 1 fully saturated rings. The predicted octanol–water partition coefficient (Wildman–Crippen LogP) is 5.22. The molecule has 14 heteroatoms. The molecule has 11 nitrogen and oxygen atoms in total. The highest BCUT2D eigenvalue weighted by Crippen LogP contribution is 2.39. The molecule has 0 radical (unpaired) electrons. The fourth-order valence-corrected chi connectivity index (χ4v) is 4.87. The summed E-state index contributed by atoms with van der Waals surface area (Å²) in [7, 11) is 2.48. The van der Waals surface area contributed by atoms with Gasteiger partial charge < -0.3 is 24.6 Å². The summed E-state index contributed by atoms with van der Waals surface area (Å²) in [4.78, 5) is 54.3. The van der Waals surface area contributed by atoms with Crippen LogP contribution in [-0.2, 0) is 36.6 Å². The third kappa shape index (κ3) is 6.88. The van der Waals surface area contributed by atoms with Crippen LogP contribution in [0, 0.1) is 11.3 Å². The van der Waals surface area contributed by atoms with Crippen molar-refractivity contribution in [3.05, 3.63) is 83.4 Å². The summed E-state index contributed by atoms with van der Waals surface area (Å²) in [5, 5.41) is 12.4. The van der Waals surface area contributed by atoms with Gasteiger partial charge in [-0.15, -0.1) is 0 Å². The van der Waals surface area contributed by atoms with Gasteiger partial charge in [-0.25, -0.2) is 9.69 Å². The number of nitrogens with one attached hydrogen (secondary N) is 1. The Morgan fingerprint density at radius 3 is 2.13 bits per heavy atom. The van der Waals surface area contributed by atoms with Crippen LogP contribution in [0.25, 0.3) is 0 Å². The third-order valence-electron chi connectivity index (χ3n) is 7.46. The number of esters is 2. The second-order valence-corrected chi connectivity index (χ2v) is 10.7. The van der Waals surface area contributed by atoms with Crippen LogP contribution in [0.1, 0.15) is 30.5 Å². The van der Waals surface area contributed by atoms with Crippen molar-refractivity contribution in [2.24, 2.45) is 0 Å². The van der Waals surface area contributed by atoms with Gasteiger partial charge in [-0.1, -0.05) is 18.2 Å². The minimum absolute atomic E-state index is 0.0657. The van der Waals surface area contributed by atoms with E-state index >= 15 is 0 Å². The topological polar surface area (TPSA) is 132 Å². The van der Waals surface area contributed by atoms with E-state index in [4.69, 9.17) is 14.7 Å². The van der Waals surface area contributed by atoms with Gasteiger partial charge in [0.25, 0.3) is 5.91 Å². The van der Waals surface area contributed by atoms with Gasteiger partial charge in [0.1, 0.15) is 18.6 Å².